The summed E-state index contributed by atoms with van der Waals surface area (Å²) in [6.07, 6.45) is 4.74. The monoisotopic (exact) mass is 439 g/mol. The zero-order chi connectivity index (χ0) is 21.6. The maximum atomic E-state index is 12.4. The van der Waals surface area contributed by atoms with Crippen molar-refractivity contribution in [1.82, 2.24) is 20.3 Å². The summed E-state index contributed by atoms with van der Waals surface area (Å²) in [5.74, 6) is 1.10. The van der Waals surface area contributed by atoms with Gasteiger partial charge in [-0.25, -0.2) is 0 Å². The van der Waals surface area contributed by atoms with E-state index in [-0.39, 0.29) is 29.4 Å². The van der Waals surface area contributed by atoms with Gasteiger partial charge in [-0.2, -0.15) is 5.10 Å². The molecule has 1 atom stereocenters. The molecule has 0 bridgehead atoms. The number of nitrogens with one attached hydrogen (secondary N) is 2. The Morgan fingerprint density at radius 1 is 1.23 bits per heavy atom. The van der Waals surface area contributed by atoms with E-state index in [1.54, 1.807) is 13.0 Å². The lowest BCUT2D eigenvalue weighted by atomic mass is 9.93. The summed E-state index contributed by atoms with van der Waals surface area (Å²) in [6, 6.07) is 11.9. The molecule has 1 aliphatic carbocycles. The summed E-state index contributed by atoms with van der Waals surface area (Å²) in [5.41, 5.74) is 3.49. The molecule has 2 amide bonds. The molecule has 0 radical (unpaired) electrons. The van der Waals surface area contributed by atoms with Crippen molar-refractivity contribution in [3.05, 3.63) is 65.2 Å². The van der Waals surface area contributed by atoms with Crippen LogP contribution in [-0.4, -0.2) is 38.3 Å². The first-order valence-corrected chi connectivity index (χ1v) is 11.4. The lowest BCUT2D eigenvalue weighted by Crippen LogP contribution is -2.32. The summed E-state index contributed by atoms with van der Waals surface area (Å²) in [4.78, 5) is 24.4. The van der Waals surface area contributed by atoms with E-state index in [0.717, 1.165) is 31.4 Å². The average molecular weight is 440 g/mol. The maximum Gasteiger partial charge on any atom is 0.235 e. The van der Waals surface area contributed by atoms with E-state index < -0.39 is 0 Å². The molecule has 31 heavy (non-hydrogen) atoms. The molecule has 0 saturated heterocycles. The Labute approximate surface area is 184 Å². The van der Waals surface area contributed by atoms with Crippen LogP contribution in [0.1, 0.15) is 41.5 Å². The third-order valence-electron chi connectivity index (χ3n) is 5.13. The second-order valence-electron chi connectivity index (χ2n) is 7.57. The van der Waals surface area contributed by atoms with Crippen LogP contribution >= 0.6 is 11.8 Å². The van der Waals surface area contributed by atoms with Crippen LogP contribution in [0.25, 0.3) is 0 Å². The quantitative estimate of drug-likeness (QED) is 0.559. The van der Waals surface area contributed by atoms with Gasteiger partial charge in [0.1, 0.15) is 5.76 Å². The topological polar surface area (TPSA) is 102 Å². The van der Waals surface area contributed by atoms with Crippen molar-refractivity contribution >= 4 is 29.4 Å². The van der Waals surface area contributed by atoms with E-state index in [0.29, 0.717) is 11.6 Å². The fraction of sp³-hybridized carbons (Fsp3) is 0.364. The molecule has 0 spiro atoms. The highest BCUT2D eigenvalue weighted by atomic mass is 32.2. The zero-order valence-corrected chi connectivity index (χ0v) is 18.2. The first kappa shape index (κ1) is 21.2. The van der Waals surface area contributed by atoms with Crippen LogP contribution < -0.4 is 10.6 Å². The lowest BCUT2D eigenvalue weighted by molar-refractivity contribution is -0.119. The van der Waals surface area contributed by atoms with E-state index in [9.17, 15) is 9.59 Å². The number of carbonyl (C=O) groups is 2. The lowest BCUT2D eigenvalue weighted by Gasteiger charge is -2.24. The molecule has 9 heteroatoms. The van der Waals surface area contributed by atoms with Gasteiger partial charge in [0, 0.05) is 17.3 Å². The number of hydrogen-bond donors (Lipinski definition) is 2. The number of fused-ring (bicyclic) bond motifs is 1. The number of benzene rings is 1. The molecule has 2 N–H and O–H groups in total. The summed E-state index contributed by atoms with van der Waals surface area (Å²) in [7, 11) is 0. The molecule has 1 aromatic carbocycles. The van der Waals surface area contributed by atoms with Gasteiger partial charge < -0.3 is 15.2 Å². The van der Waals surface area contributed by atoms with Crippen molar-refractivity contribution < 1.29 is 14.1 Å². The number of carbonyl (C=O) groups excluding carboxylic acids is 2. The van der Waals surface area contributed by atoms with Crippen LogP contribution in [0.2, 0.25) is 0 Å². The molecule has 2 aromatic heterocycles. The summed E-state index contributed by atoms with van der Waals surface area (Å²) >= 11 is 1.27. The largest absolute Gasteiger partial charge is 0.360 e. The molecule has 0 saturated carbocycles. The van der Waals surface area contributed by atoms with Gasteiger partial charge in [-0.15, -0.1) is 11.8 Å². The van der Waals surface area contributed by atoms with E-state index >= 15 is 0 Å². The smallest absolute Gasteiger partial charge is 0.235 e. The number of rotatable bonds is 8. The summed E-state index contributed by atoms with van der Waals surface area (Å²) in [5, 5.41) is 14.0. The van der Waals surface area contributed by atoms with Crippen molar-refractivity contribution in [1.29, 1.82) is 0 Å². The Morgan fingerprint density at radius 3 is 2.81 bits per heavy atom. The molecule has 1 unspecified atom stereocenters. The molecule has 1 aliphatic rings. The molecular formula is C22H25N5O3S. The third-order valence-corrected chi connectivity index (χ3v) is 6.07. The summed E-state index contributed by atoms with van der Waals surface area (Å²) in [6.45, 7) is 2.48. The fourth-order valence-electron chi connectivity index (χ4n) is 3.74. The van der Waals surface area contributed by atoms with Gasteiger partial charge in [0.25, 0.3) is 0 Å². The molecule has 162 valence electrons. The average Bonchev–Trinajstić information content (AvgIpc) is 3.35. The highest BCUT2D eigenvalue weighted by Crippen LogP contribution is 2.30. The minimum Gasteiger partial charge on any atom is -0.360 e. The highest BCUT2D eigenvalue weighted by Gasteiger charge is 2.25. The van der Waals surface area contributed by atoms with Crippen molar-refractivity contribution in [2.24, 2.45) is 0 Å². The second kappa shape index (κ2) is 9.82. The molecule has 2 heterocycles. The maximum absolute atomic E-state index is 12.4. The zero-order valence-electron chi connectivity index (χ0n) is 17.3. The molecule has 3 aromatic rings. The second-order valence-corrected chi connectivity index (χ2v) is 8.55. The summed E-state index contributed by atoms with van der Waals surface area (Å²) < 4.78 is 6.95. The number of aromatic nitrogens is 3. The normalized spacial score (nSPS) is 15.3. The Kier molecular flexibility index (Phi) is 6.71. The van der Waals surface area contributed by atoms with Crippen LogP contribution in [0, 0.1) is 6.92 Å². The SMILES string of the molecule is Cc1cc(NC(=O)CSCC(=O)NC2CCCc3c2cnn3Cc2ccccc2)no1. The van der Waals surface area contributed by atoms with Gasteiger partial charge in [0.15, 0.2) is 5.82 Å². The molecule has 4 rings (SSSR count). The van der Waals surface area contributed by atoms with Gasteiger partial charge in [0.05, 0.1) is 30.3 Å². The van der Waals surface area contributed by atoms with Crippen LogP contribution in [0.3, 0.4) is 0 Å². The van der Waals surface area contributed by atoms with Crippen LogP contribution in [0.15, 0.2) is 47.1 Å². The predicted molar refractivity (Wildman–Crippen MR) is 119 cm³/mol. The van der Waals surface area contributed by atoms with Crippen molar-refractivity contribution in [3.63, 3.8) is 0 Å². The van der Waals surface area contributed by atoms with Gasteiger partial charge in [-0.05, 0) is 31.7 Å². The standard InChI is InChI=1S/C22H25N5O3S/c1-15-10-20(26-30-15)25-22(29)14-31-13-21(28)24-18-8-5-9-19-17(18)11-23-27(19)12-16-6-3-2-4-7-16/h2-4,6-7,10-11,18H,5,8-9,12-14H2,1H3,(H,24,28)(H,25,26,29). The molecular weight excluding hydrogens is 414 g/mol. The third kappa shape index (κ3) is 5.55. The number of thioether (sulfide) groups is 1. The van der Waals surface area contributed by atoms with E-state index in [1.807, 2.05) is 29.1 Å². The first-order valence-electron chi connectivity index (χ1n) is 10.3. The molecule has 0 fully saturated rings. The van der Waals surface area contributed by atoms with E-state index in [2.05, 4.69) is 33.0 Å². The highest BCUT2D eigenvalue weighted by molar-refractivity contribution is 8.00. The van der Waals surface area contributed by atoms with Crippen molar-refractivity contribution in [2.75, 3.05) is 16.8 Å². The van der Waals surface area contributed by atoms with Gasteiger partial charge >= 0.3 is 0 Å². The Hall–Kier alpha value is -3.07. The number of nitrogens with zero attached hydrogens (tertiary/aromatic N) is 3. The van der Waals surface area contributed by atoms with E-state index in [4.69, 9.17) is 4.52 Å². The van der Waals surface area contributed by atoms with Crippen LogP contribution in [-0.2, 0) is 22.6 Å². The minimum absolute atomic E-state index is 0.0340. The Bertz CT molecular complexity index is 1050. The predicted octanol–water partition coefficient (Wildman–Crippen LogP) is 3.09. The Morgan fingerprint density at radius 2 is 2.03 bits per heavy atom. The number of anilines is 1. The van der Waals surface area contributed by atoms with Crippen LogP contribution in [0.4, 0.5) is 5.82 Å². The van der Waals surface area contributed by atoms with Gasteiger partial charge in [-0.1, -0.05) is 35.5 Å². The van der Waals surface area contributed by atoms with Crippen molar-refractivity contribution in [2.45, 2.75) is 38.8 Å². The van der Waals surface area contributed by atoms with Crippen molar-refractivity contribution in [3.8, 4) is 0 Å². The fourth-order valence-corrected chi connectivity index (χ4v) is 4.37. The van der Waals surface area contributed by atoms with E-state index in [1.165, 1.54) is 23.0 Å². The van der Waals surface area contributed by atoms with Crippen LogP contribution in [0.5, 0.6) is 0 Å². The molecule has 8 nitrogen and oxygen atoms in total. The minimum atomic E-state index is -0.215. The first-order chi connectivity index (χ1) is 15.1. The number of aryl methyl sites for hydroxylation is 1. The van der Waals surface area contributed by atoms with Gasteiger partial charge in [0.2, 0.25) is 11.8 Å². The Balaban J connectivity index is 1.27. The van der Waals surface area contributed by atoms with Gasteiger partial charge in [-0.3, -0.25) is 14.3 Å². The number of hydrogen-bond acceptors (Lipinski definition) is 6. The molecule has 0 aliphatic heterocycles. The number of amides is 2.